The number of carbonyl (C=O) groups excluding carboxylic acids is 1. The number of alkyl halides is 2. The van der Waals surface area contributed by atoms with E-state index in [0.717, 1.165) is 0 Å². The van der Waals surface area contributed by atoms with E-state index < -0.39 is 12.3 Å². The van der Waals surface area contributed by atoms with Gasteiger partial charge >= 0.3 is 0 Å². The Morgan fingerprint density at radius 1 is 1.00 bits per heavy atom. The number of carbonyl (C=O) groups is 1. The third-order valence-corrected chi connectivity index (χ3v) is 2.55. The molecule has 0 atom stereocenters. The summed E-state index contributed by atoms with van der Waals surface area (Å²) in [4.78, 5) is 11.8. The highest BCUT2D eigenvalue weighted by Crippen LogP contribution is 2.19. The first kappa shape index (κ1) is 13.0. The SMILES string of the molecule is O=C(Nc1ccc(O)cc1)c1ccc(C(F)F)cc1. The number of hydrogen-bond donors (Lipinski definition) is 2. The van der Waals surface area contributed by atoms with Crippen LogP contribution in [0.1, 0.15) is 22.3 Å². The average Bonchev–Trinajstić information content (AvgIpc) is 2.41. The van der Waals surface area contributed by atoms with Gasteiger partial charge in [-0.15, -0.1) is 0 Å². The second-order valence-electron chi connectivity index (χ2n) is 3.92. The second kappa shape index (κ2) is 5.48. The number of phenolic OH excluding ortho intramolecular Hbond substituents is 1. The molecule has 2 rings (SSSR count). The summed E-state index contributed by atoms with van der Waals surface area (Å²) in [5.41, 5.74) is 0.680. The monoisotopic (exact) mass is 263 g/mol. The van der Waals surface area contributed by atoms with Crippen LogP contribution in [-0.2, 0) is 0 Å². The first-order valence-corrected chi connectivity index (χ1v) is 5.55. The number of amides is 1. The Balaban J connectivity index is 2.09. The van der Waals surface area contributed by atoms with Gasteiger partial charge in [-0.3, -0.25) is 4.79 Å². The molecule has 0 unspecified atom stereocenters. The van der Waals surface area contributed by atoms with Crippen LogP contribution < -0.4 is 5.32 Å². The molecule has 0 fully saturated rings. The van der Waals surface area contributed by atoms with Crippen molar-refractivity contribution in [3.63, 3.8) is 0 Å². The number of benzene rings is 2. The maximum absolute atomic E-state index is 12.4. The van der Waals surface area contributed by atoms with Gasteiger partial charge in [-0.25, -0.2) is 8.78 Å². The maximum atomic E-state index is 12.4. The summed E-state index contributed by atoms with van der Waals surface area (Å²) in [6, 6.07) is 11.1. The fraction of sp³-hybridized carbons (Fsp3) is 0.0714. The Morgan fingerprint density at radius 3 is 2.11 bits per heavy atom. The van der Waals surface area contributed by atoms with Crippen LogP contribution in [0.25, 0.3) is 0 Å². The minimum Gasteiger partial charge on any atom is -0.508 e. The summed E-state index contributed by atoms with van der Waals surface area (Å²) < 4.78 is 24.7. The van der Waals surface area contributed by atoms with Crippen molar-refractivity contribution in [3.8, 4) is 5.75 Å². The number of nitrogens with one attached hydrogen (secondary N) is 1. The van der Waals surface area contributed by atoms with E-state index in [2.05, 4.69) is 5.32 Å². The quantitative estimate of drug-likeness (QED) is 0.831. The van der Waals surface area contributed by atoms with Crippen molar-refractivity contribution < 1.29 is 18.7 Å². The molecule has 2 N–H and O–H groups in total. The Labute approximate surface area is 108 Å². The zero-order valence-electron chi connectivity index (χ0n) is 9.81. The number of anilines is 1. The lowest BCUT2D eigenvalue weighted by Crippen LogP contribution is -2.11. The summed E-state index contributed by atoms with van der Waals surface area (Å²) >= 11 is 0. The van der Waals surface area contributed by atoms with E-state index in [1.807, 2.05) is 0 Å². The minimum absolute atomic E-state index is 0.0966. The third-order valence-electron chi connectivity index (χ3n) is 2.55. The molecular weight excluding hydrogens is 252 g/mol. The Hall–Kier alpha value is -2.43. The van der Waals surface area contributed by atoms with Crippen LogP contribution in [0.2, 0.25) is 0 Å². The Morgan fingerprint density at radius 2 is 1.58 bits per heavy atom. The van der Waals surface area contributed by atoms with Gasteiger partial charge in [-0.05, 0) is 36.4 Å². The maximum Gasteiger partial charge on any atom is 0.263 e. The zero-order chi connectivity index (χ0) is 13.8. The highest BCUT2D eigenvalue weighted by Gasteiger charge is 2.09. The smallest absolute Gasteiger partial charge is 0.263 e. The van der Waals surface area contributed by atoms with Crippen molar-refractivity contribution in [2.24, 2.45) is 0 Å². The summed E-state index contributed by atoms with van der Waals surface area (Å²) in [5, 5.41) is 11.7. The standard InChI is InChI=1S/C14H11F2NO2/c15-13(16)9-1-3-10(4-2-9)14(19)17-11-5-7-12(18)8-6-11/h1-8,13,18H,(H,17,19). The first-order chi connectivity index (χ1) is 9.06. The number of rotatable bonds is 3. The number of halogens is 2. The Bertz CT molecular complexity index is 565. The van der Waals surface area contributed by atoms with E-state index in [4.69, 9.17) is 5.11 Å². The van der Waals surface area contributed by atoms with Gasteiger partial charge < -0.3 is 10.4 Å². The van der Waals surface area contributed by atoms with Crippen molar-refractivity contribution in [1.29, 1.82) is 0 Å². The topological polar surface area (TPSA) is 49.3 Å². The molecule has 0 saturated heterocycles. The molecule has 0 spiro atoms. The van der Waals surface area contributed by atoms with Crippen molar-refractivity contribution in [3.05, 3.63) is 59.7 Å². The van der Waals surface area contributed by atoms with Crippen molar-refractivity contribution in [2.45, 2.75) is 6.43 Å². The lowest BCUT2D eigenvalue weighted by molar-refractivity contribution is 0.102. The van der Waals surface area contributed by atoms with Crippen LogP contribution in [-0.4, -0.2) is 11.0 Å². The Kier molecular flexibility index (Phi) is 3.75. The van der Waals surface area contributed by atoms with Crippen LogP contribution in [0.3, 0.4) is 0 Å². The fourth-order valence-corrected chi connectivity index (χ4v) is 1.53. The highest BCUT2D eigenvalue weighted by molar-refractivity contribution is 6.04. The molecule has 1 amide bonds. The molecule has 0 radical (unpaired) electrons. The zero-order valence-corrected chi connectivity index (χ0v) is 9.81. The van der Waals surface area contributed by atoms with E-state index in [1.54, 1.807) is 12.1 Å². The number of hydrogen-bond acceptors (Lipinski definition) is 2. The van der Waals surface area contributed by atoms with Crippen LogP contribution in [0, 0.1) is 0 Å². The molecule has 0 aromatic heterocycles. The van der Waals surface area contributed by atoms with E-state index in [0.29, 0.717) is 5.69 Å². The molecule has 0 heterocycles. The van der Waals surface area contributed by atoms with Crippen LogP contribution in [0.15, 0.2) is 48.5 Å². The van der Waals surface area contributed by atoms with Crippen molar-refractivity contribution in [1.82, 2.24) is 0 Å². The van der Waals surface area contributed by atoms with Gasteiger partial charge in [-0.1, -0.05) is 12.1 Å². The minimum atomic E-state index is -2.55. The van der Waals surface area contributed by atoms with Crippen molar-refractivity contribution in [2.75, 3.05) is 5.32 Å². The molecule has 3 nitrogen and oxygen atoms in total. The van der Waals surface area contributed by atoms with E-state index in [1.165, 1.54) is 36.4 Å². The predicted octanol–water partition coefficient (Wildman–Crippen LogP) is 3.58. The van der Waals surface area contributed by atoms with Crippen LogP contribution >= 0.6 is 0 Å². The first-order valence-electron chi connectivity index (χ1n) is 5.55. The molecule has 0 aliphatic carbocycles. The summed E-state index contributed by atoms with van der Waals surface area (Å²) in [6.07, 6.45) is -2.55. The molecular formula is C14H11F2NO2. The second-order valence-corrected chi connectivity index (χ2v) is 3.92. The normalized spacial score (nSPS) is 10.5. The lowest BCUT2D eigenvalue weighted by atomic mass is 10.1. The van der Waals surface area contributed by atoms with Crippen LogP contribution in [0.4, 0.5) is 14.5 Å². The molecule has 0 aliphatic heterocycles. The van der Waals surface area contributed by atoms with Crippen molar-refractivity contribution >= 4 is 11.6 Å². The van der Waals surface area contributed by atoms with Gasteiger partial charge in [0.1, 0.15) is 5.75 Å². The van der Waals surface area contributed by atoms with Gasteiger partial charge in [-0.2, -0.15) is 0 Å². The molecule has 2 aromatic carbocycles. The summed E-state index contributed by atoms with van der Waals surface area (Å²) in [7, 11) is 0. The third kappa shape index (κ3) is 3.28. The fourth-order valence-electron chi connectivity index (χ4n) is 1.53. The molecule has 19 heavy (non-hydrogen) atoms. The molecule has 5 heteroatoms. The van der Waals surface area contributed by atoms with E-state index in [-0.39, 0.29) is 16.9 Å². The molecule has 0 aliphatic rings. The molecule has 2 aromatic rings. The summed E-state index contributed by atoms with van der Waals surface area (Å²) in [6.45, 7) is 0. The van der Waals surface area contributed by atoms with Gasteiger partial charge in [0.05, 0.1) is 0 Å². The number of phenols is 1. The molecule has 0 saturated carbocycles. The van der Waals surface area contributed by atoms with E-state index in [9.17, 15) is 13.6 Å². The van der Waals surface area contributed by atoms with Crippen LogP contribution in [0.5, 0.6) is 5.75 Å². The number of aromatic hydroxyl groups is 1. The highest BCUT2D eigenvalue weighted by atomic mass is 19.3. The van der Waals surface area contributed by atoms with Gasteiger partial charge in [0.25, 0.3) is 12.3 Å². The molecule has 98 valence electrons. The largest absolute Gasteiger partial charge is 0.508 e. The average molecular weight is 263 g/mol. The molecule has 0 bridgehead atoms. The van der Waals surface area contributed by atoms with Gasteiger partial charge in [0, 0.05) is 16.8 Å². The van der Waals surface area contributed by atoms with Gasteiger partial charge in [0.2, 0.25) is 0 Å². The summed E-state index contributed by atoms with van der Waals surface area (Å²) in [5.74, 6) is -0.300. The van der Waals surface area contributed by atoms with Gasteiger partial charge in [0.15, 0.2) is 0 Å². The predicted molar refractivity (Wildman–Crippen MR) is 67.5 cm³/mol. The lowest BCUT2D eigenvalue weighted by Gasteiger charge is -2.06. The van der Waals surface area contributed by atoms with E-state index >= 15 is 0 Å².